The van der Waals surface area contributed by atoms with Gasteiger partial charge >= 0.3 is 0 Å². The van der Waals surface area contributed by atoms with Gasteiger partial charge in [0, 0.05) is 38.6 Å². The van der Waals surface area contributed by atoms with Crippen molar-refractivity contribution in [1.29, 1.82) is 0 Å². The summed E-state index contributed by atoms with van der Waals surface area (Å²) in [6.45, 7) is 2.40. The van der Waals surface area contributed by atoms with E-state index < -0.39 is 6.04 Å². The third kappa shape index (κ3) is 3.62. The molecule has 1 saturated heterocycles. The van der Waals surface area contributed by atoms with Gasteiger partial charge in [-0.15, -0.1) is 5.10 Å². The lowest BCUT2D eigenvalue weighted by atomic mass is 10.0. The third-order valence-electron chi connectivity index (χ3n) is 4.09. The van der Waals surface area contributed by atoms with E-state index in [4.69, 9.17) is 11.5 Å². The van der Waals surface area contributed by atoms with Crippen LogP contribution in [0, 0.1) is 5.82 Å². The lowest BCUT2D eigenvalue weighted by Gasteiger charge is -2.34. The molecule has 2 aromatic rings. The molecule has 0 aliphatic carbocycles. The van der Waals surface area contributed by atoms with Gasteiger partial charge < -0.3 is 21.3 Å². The number of amides is 1. The van der Waals surface area contributed by atoms with E-state index in [1.54, 1.807) is 17.0 Å². The van der Waals surface area contributed by atoms with Crippen LogP contribution in [0.4, 0.5) is 16.3 Å². The zero-order chi connectivity index (χ0) is 17.1. The summed E-state index contributed by atoms with van der Waals surface area (Å²) in [7, 11) is 0. The number of nitrogen functional groups attached to an aromatic ring is 1. The largest absolute Gasteiger partial charge is 0.366 e. The fraction of sp³-hybridized carbons (Fsp3) is 0.400. The summed E-state index contributed by atoms with van der Waals surface area (Å²) in [5, 5.41) is 6.56. The standard InChI is InChI=1S/C15H20FN7O/c16-11-3-1-2-10(8-11)12(17)9-13(24)22-4-6-23(7-5-22)15-19-14(18)20-21-15/h1-3,8,12H,4-7,9,17H2,(H3,18,19,20,21). The summed E-state index contributed by atoms with van der Waals surface area (Å²) >= 11 is 0. The van der Waals surface area contributed by atoms with Crippen LogP contribution in [-0.4, -0.2) is 52.2 Å². The van der Waals surface area contributed by atoms with Crippen molar-refractivity contribution in [2.75, 3.05) is 36.8 Å². The maximum atomic E-state index is 13.2. The number of aromatic amines is 1. The van der Waals surface area contributed by atoms with Gasteiger partial charge in [0.15, 0.2) is 0 Å². The van der Waals surface area contributed by atoms with Crippen molar-refractivity contribution in [2.45, 2.75) is 12.5 Å². The molecule has 128 valence electrons. The van der Waals surface area contributed by atoms with Crippen LogP contribution in [0.5, 0.6) is 0 Å². The van der Waals surface area contributed by atoms with E-state index in [9.17, 15) is 9.18 Å². The number of carbonyl (C=O) groups excluding carboxylic acids is 1. The number of nitrogens with two attached hydrogens (primary N) is 2. The fourth-order valence-corrected chi connectivity index (χ4v) is 2.75. The Morgan fingerprint density at radius 3 is 2.71 bits per heavy atom. The Morgan fingerprint density at radius 1 is 1.33 bits per heavy atom. The molecule has 1 aromatic carbocycles. The molecule has 1 unspecified atom stereocenters. The van der Waals surface area contributed by atoms with Crippen molar-refractivity contribution in [1.82, 2.24) is 20.1 Å². The Kier molecular flexibility index (Phi) is 4.61. The summed E-state index contributed by atoms with van der Waals surface area (Å²) < 4.78 is 13.2. The van der Waals surface area contributed by atoms with Gasteiger partial charge in [0.2, 0.25) is 17.8 Å². The highest BCUT2D eigenvalue weighted by Crippen LogP contribution is 2.18. The van der Waals surface area contributed by atoms with E-state index in [-0.39, 0.29) is 24.1 Å². The van der Waals surface area contributed by atoms with E-state index in [0.717, 1.165) is 0 Å². The van der Waals surface area contributed by atoms with E-state index in [1.165, 1.54) is 12.1 Å². The Morgan fingerprint density at radius 2 is 2.08 bits per heavy atom. The minimum atomic E-state index is -0.514. The average Bonchev–Trinajstić information content (AvgIpc) is 3.01. The monoisotopic (exact) mass is 333 g/mol. The first kappa shape index (κ1) is 16.2. The second-order valence-corrected chi connectivity index (χ2v) is 5.75. The molecule has 0 radical (unpaired) electrons. The number of H-pyrrole nitrogens is 1. The van der Waals surface area contributed by atoms with Gasteiger partial charge in [-0.05, 0) is 17.7 Å². The molecule has 5 N–H and O–H groups in total. The van der Waals surface area contributed by atoms with Crippen LogP contribution in [0.15, 0.2) is 24.3 Å². The molecule has 1 aromatic heterocycles. The molecule has 9 heteroatoms. The average molecular weight is 333 g/mol. The van der Waals surface area contributed by atoms with Gasteiger partial charge in [0.1, 0.15) is 5.82 Å². The first-order valence-electron chi connectivity index (χ1n) is 7.74. The number of anilines is 2. The minimum absolute atomic E-state index is 0.0384. The van der Waals surface area contributed by atoms with E-state index >= 15 is 0 Å². The highest BCUT2D eigenvalue weighted by atomic mass is 19.1. The van der Waals surface area contributed by atoms with Crippen LogP contribution in [0.1, 0.15) is 18.0 Å². The molecule has 2 heterocycles. The van der Waals surface area contributed by atoms with Crippen molar-refractivity contribution in [2.24, 2.45) is 5.73 Å². The molecule has 0 bridgehead atoms. The van der Waals surface area contributed by atoms with Crippen molar-refractivity contribution in [3.05, 3.63) is 35.6 Å². The molecule has 3 rings (SSSR count). The molecular formula is C15H20FN7O. The van der Waals surface area contributed by atoms with Crippen molar-refractivity contribution >= 4 is 17.8 Å². The predicted molar refractivity (Wildman–Crippen MR) is 87.5 cm³/mol. The van der Waals surface area contributed by atoms with Crippen molar-refractivity contribution < 1.29 is 9.18 Å². The number of hydrogen-bond acceptors (Lipinski definition) is 6. The Balaban J connectivity index is 1.53. The number of piperazine rings is 1. The Bertz CT molecular complexity index is 711. The van der Waals surface area contributed by atoms with Crippen LogP contribution < -0.4 is 16.4 Å². The zero-order valence-electron chi connectivity index (χ0n) is 13.2. The Hall–Kier alpha value is -2.68. The van der Waals surface area contributed by atoms with Gasteiger partial charge in [-0.25, -0.2) is 9.49 Å². The van der Waals surface area contributed by atoms with Gasteiger partial charge in [-0.3, -0.25) is 4.79 Å². The van der Waals surface area contributed by atoms with Gasteiger partial charge in [-0.2, -0.15) is 4.98 Å². The SMILES string of the molecule is Nc1n[nH]c(N2CCN(C(=O)CC(N)c3cccc(F)c3)CC2)n1. The van der Waals surface area contributed by atoms with Crippen LogP contribution in [-0.2, 0) is 4.79 Å². The first-order valence-corrected chi connectivity index (χ1v) is 7.74. The highest BCUT2D eigenvalue weighted by molar-refractivity contribution is 5.77. The zero-order valence-corrected chi connectivity index (χ0v) is 13.2. The number of rotatable bonds is 4. The smallest absolute Gasteiger partial charge is 0.241 e. The number of nitrogens with one attached hydrogen (secondary N) is 1. The summed E-state index contributed by atoms with van der Waals surface area (Å²) in [6.07, 6.45) is 0.151. The molecule has 1 aliphatic rings. The van der Waals surface area contributed by atoms with Gasteiger partial charge in [-0.1, -0.05) is 12.1 Å². The second kappa shape index (κ2) is 6.83. The van der Waals surface area contributed by atoms with Crippen molar-refractivity contribution in [3.8, 4) is 0 Å². The number of hydrogen-bond donors (Lipinski definition) is 3. The molecule has 1 fully saturated rings. The molecule has 1 aliphatic heterocycles. The van der Waals surface area contributed by atoms with Gasteiger partial charge in [0.25, 0.3) is 0 Å². The second-order valence-electron chi connectivity index (χ2n) is 5.75. The number of aromatic nitrogens is 3. The van der Waals surface area contributed by atoms with Crippen LogP contribution in [0.3, 0.4) is 0 Å². The number of benzene rings is 1. The molecular weight excluding hydrogens is 313 g/mol. The molecule has 1 amide bonds. The molecule has 8 nitrogen and oxygen atoms in total. The van der Waals surface area contributed by atoms with E-state index in [1.807, 2.05) is 4.90 Å². The fourth-order valence-electron chi connectivity index (χ4n) is 2.75. The van der Waals surface area contributed by atoms with Crippen molar-refractivity contribution in [3.63, 3.8) is 0 Å². The van der Waals surface area contributed by atoms with E-state index in [2.05, 4.69) is 15.2 Å². The predicted octanol–water partition coefficient (Wildman–Crippen LogP) is 0.265. The van der Waals surface area contributed by atoms with E-state index in [0.29, 0.717) is 37.7 Å². The quantitative estimate of drug-likeness (QED) is 0.739. The van der Waals surface area contributed by atoms with Crippen LogP contribution in [0.25, 0.3) is 0 Å². The highest BCUT2D eigenvalue weighted by Gasteiger charge is 2.24. The van der Waals surface area contributed by atoms with Crippen LogP contribution in [0.2, 0.25) is 0 Å². The number of carbonyl (C=O) groups is 1. The minimum Gasteiger partial charge on any atom is -0.366 e. The summed E-state index contributed by atoms with van der Waals surface area (Å²) in [5.41, 5.74) is 12.2. The number of halogens is 1. The maximum absolute atomic E-state index is 13.2. The summed E-state index contributed by atoms with van der Waals surface area (Å²) in [4.78, 5) is 20.2. The third-order valence-corrected chi connectivity index (χ3v) is 4.09. The summed E-state index contributed by atoms with van der Waals surface area (Å²) in [6, 6.07) is 5.53. The molecule has 0 saturated carbocycles. The topological polar surface area (TPSA) is 117 Å². The Labute approximate surface area is 138 Å². The first-order chi connectivity index (χ1) is 11.5. The maximum Gasteiger partial charge on any atom is 0.241 e. The van der Waals surface area contributed by atoms with Crippen LogP contribution >= 0.6 is 0 Å². The molecule has 1 atom stereocenters. The van der Waals surface area contributed by atoms with Gasteiger partial charge in [0.05, 0.1) is 0 Å². The normalized spacial score (nSPS) is 16.2. The summed E-state index contributed by atoms with van der Waals surface area (Å²) in [5.74, 6) is 0.416. The molecule has 24 heavy (non-hydrogen) atoms. The lowest BCUT2D eigenvalue weighted by Crippen LogP contribution is -2.49. The molecule has 0 spiro atoms. The number of nitrogens with zero attached hydrogens (tertiary/aromatic N) is 4. The lowest BCUT2D eigenvalue weighted by molar-refractivity contribution is -0.131.